The first-order valence-electron chi connectivity index (χ1n) is 6.61. The van der Waals surface area contributed by atoms with Crippen molar-refractivity contribution in [2.75, 3.05) is 0 Å². The summed E-state index contributed by atoms with van der Waals surface area (Å²) in [6.07, 6.45) is 1.76. The van der Waals surface area contributed by atoms with Crippen LogP contribution in [0.5, 0.6) is 5.75 Å². The lowest BCUT2D eigenvalue weighted by Crippen LogP contribution is -1.90. The molecule has 0 aliphatic heterocycles. The van der Waals surface area contributed by atoms with Gasteiger partial charge >= 0.3 is 0 Å². The molecule has 0 amide bonds. The summed E-state index contributed by atoms with van der Waals surface area (Å²) in [5.41, 5.74) is 3.58. The number of hydrogen-bond donors (Lipinski definition) is 1. The molecule has 0 aliphatic rings. The number of aromatic hydroxyl groups is 1. The van der Waals surface area contributed by atoms with Gasteiger partial charge in [0.25, 0.3) is 0 Å². The predicted molar refractivity (Wildman–Crippen MR) is 85.6 cm³/mol. The van der Waals surface area contributed by atoms with Crippen LogP contribution in [0.4, 0.5) is 5.69 Å². The topological polar surface area (TPSA) is 32.6 Å². The second-order valence-electron chi connectivity index (χ2n) is 5.13. The van der Waals surface area contributed by atoms with Gasteiger partial charge in [-0.15, -0.1) is 0 Å². The average molecular weight is 288 g/mol. The van der Waals surface area contributed by atoms with E-state index in [2.05, 4.69) is 4.99 Å². The van der Waals surface area contributed by atoms with Crippen LogP contribution >= 0.6 is 11.6 Å². The average Bonchev–Trinajstić information content (AvgIpc) is 2.39. The third-order valence-corrected chi connectivity index (χ3v) is 3.56. The molecule has 2 nitrogen and oxygen atoms in total. The minimum Gasteiger partial charge on any atom is -0.508 e. The second-order valence-corrected chi connectivity index (χ2v) is 5.54. The lowest BCUT2D eigenvalue weighted by atomic mass is 9.99. The Bertz CT molecular complexity index is 647. The van der Waals surface area contributed by atoms with Gasteiger partial charge in [-0.1, -0.05) is 43.6 Å². The zero-order valence-corrected chi connectivity index (χ0v) is 12.6. The van der Waals surface area contributed by atoms with Crippen LogP contribution in [-0.2, 0) is 0 Å². The van der Waals surface area contributed by atoms with Crippen LogP contribution in [0.15, 0.2) is 41.4 Å². The van der Waals surface area contributed by atoms with Crippen LogP contribution in [0, 0.1) is 6.92 Å². The van der Waals surface area contributed by atoms with Gasteiger partial charge < -0.3 is 5.11 Å². The summed E-state index contributed by atoms with van der Waals surface area (Å²) in [4.78, 5) is 4.50. The van der Waals surface area contributed by atoms with Gasteiger partial charge in [0.05, 0.1) is 5.69 Å². The van der Waals surface area contributed by atoms with Crippen LogP contribution in [-0.4, -0.2) is 11.3 Å². The minimum atomic E-state index is 0.255. The highest BCUT2D eigenvalue weighted by Gasteiger charge is 2.09. The lowest BCUT2D eigenvalue weighted by Gasteiger charge is -2.11. The third-order valence-electron chi connectivity index (χ3n) is 3.22. The maximum atomic E-state index is 9.94. The first-order chi connectivity index (χ1) is 9.49. The summed E-state index contributed by atoms with van der Waals surface area (Å²) in [5.74, 6) is 0.582. The van der Waals surface area contributed by atoms with E-state index in [1.54, 1.807) is 12.3 Å². The Morgan fingerprint density at radius 1 is 1.20 bits per heavy atom. The van der Waals surface area contributed by atoms with Gasteiger partial charge in [0, 0.05) is 16.8 Å². The highest BCUT2D eigenvalue weighted by molar-refractivity contribution is 6.33. The van der Waals surface area contributed by atoms with Crippen LogP contribution in [0.3, 0.4) is 0 Å². The number of nitrogens with zero attached hydrogens (tertiary/aromatic N) is 1. The van der Waals surface area contributed by atoms with Crippen molar-refractivity contribution in [2.45, 2.75) is 26.7 Å². The molecule has 0 saturated carbocycles. The number of halogens is 1. The molecule has 0 radical (unpaired) electrons. The molecule has 1 N–H and O–H groups in total. The van der Waals surface area contributed by atoms with Gasteiger partial charge in [0.15, 0.2) is 0 Å². The van der Waals surface area contributed by atoms with E-state index in [4.69, 9.17) is 11.6 Å². The van der Waals surface area contributed by atoms with E-state index in [9.17, 15) is 5.11 Å². The zero-order valence-electron chi connectivity index (χ0n) is 11.9. The Balaban J connectivity index is 2.39. The van der Waals surface area contributed by atoms with Crippen molar-refractivity contribution < 1.29 is 5.11 Å². The summed E-state index contributed by atoms with van der Waals surface area (Å²) in [7, 11) is 0. The molecule has 2 aromatic carbocycles. The molecule has 2 aromatic rings. The molecular weight excluding hydrogens is 270 g/mol. The minimum absolute atomic E-state index is 0.255. The highest BCUT2D eigenvalue weighted by Crippen LogP contribution is 2.32. The van der Waals surface area contributed by atoms with Gasteiger partial charge in [-0.05, 0) is 42.2 Å². The number of benzene rings is 2. The fourth-order valence-corrected chi connectivity index (χ4v) is 2.20. The smallest absolute Gasteiger partial charge is 0.119 e. The summed E-state index contributed by atoms with van der Waals surface area (Å²) in [5, 5.41) is 10.6. The lowest BCUT2D eigenvalue weighted by molar-refractivity contribution is 0.464. The summed E-state index contributed by atoms with van der Waals surface area (Å²) in [6.45, 7) is 6.03. The molecule has 0 saturated heterocycles. The van der Waals surface area contributed by atoms with Crippen molar-refractivity contribution in [3.8, 4) is 5.75 Å². The third kappa shape index (κ3) is 3.20. The van der Waals surface area contributed by atoms with Crippen molar-refractivity contribution in [1.82, 2.24) is 0 Å². The molecule has 3 heteroatoms. The molecule has 0 unspecified atom stereocenters. The first-order valence-corrected chi connectivity index (χ1v) is 6.99. The quantitative estimate of drug-likeness (QED) is 0.771. The molecule has 0 spiro atoms. The Morgan fingerprint density at radius 2 is 1.90 bits per heavy atom. The predicted octanol–water partition coefficient (Wildman–Crippen LogP) is 5.23. The maximum absolute atomic E-state index is 9.94. The van der Waals surface area contributed by atoms with Crippen molar-refractivity contribution in [2.24, 2.45) is 4.99 Å². The van der Waals surface area contributed by atoms with E-state index in [0.717, 1.165) is 22.4 Å². The van der Waals surface area contributed by atoms with Crippen molar-refractivity contribution in [3.05, 3.63) is 58.1 Å². The van der Waals surface area contributed by atoms with Crippen molar-refractivity contribution in [3.63, 3.8) is 0 Å². The van der Waals surface area contributed by atoms with E-state index in [-0.39, 0.29) is 5.92 Å². The monoisotopic (exact) mass is 287 g/mol. The number of phenolic OH excluding ortho intramolecular Hbond substituents is 1. The SMILES string of the molecule is Cc1cc(O)c(C(C)C)cc1N=Cc1ccccc1Cl. The van der Waals surface area contributed by atoms with Crippen LogP contribution in [0.25, 0.3) is 0 Å². The molecule has 0 aliphatic carbocycles. The fraction of sp³-hybridized carbons (Fsp3) is 0.235. The van der Waals surface area contributed by atoms with E-state index < -0.39 is 0 Å². The maximum Gasteiger partial charge on any atom is 0.119 e. The van der Waals surface area contributed by atoms with Gasteiger partial charge in [0.2, 0.25) is 0 Å². The molecule has 0 bridgehead atoms. The summed E-state index contributed by atoms with van der Waals surface area (Å²) in [6, 6.07) is 11.3. The van der Waals surface area contributed by atoms with Crippen LogP contribution < -0.4 is 0 Å². The molecule has 0 fully saturated rings. The number of rotatable bonds is 3. The normalized spacial score (nSPS) is 11.4. The van der Waals surface area contributed by atoms with Crippen LogP contribution in [0.1, 0.15) is 36.5 Å². The van der Waals surface area contributed by atoms with Gasteiger partial charge in [-0.2, -0.15) is 0 Å². The Kier molecular flexibility index (Phi) is 4.46. The van der Waals surface area contributed by atoms with Crippen LogP contribution in [0.2, 0.25) is 5.02 Å². The molecule has 0 aromatic heterocycles. The molecular formula is C17H18ClNO. The second kappa shape index (κ2) is 6.10. The molecule has 104 valence electrons. The Morgan fingerprint density at radius 3 is 2.55 bits per heavy atom. The zero-order chi connectivity index (χ0) is 14.7. The number of aryl methyl sites for hydroxylation is 1. The van der Waals surface area contributed by atoms with E-state index >= 15 is 0 Å². The van der Waals surface area contributed by atoms with Gasteiger partial charge in [-0.3, -0.25) is 4.99 Å². The molecule has 0 heterocycles. The summed E-state index contributed by atoms with van der Waals surface area (Å²) >= 11 is 6.11. The van der Waals surface area contributed by atoms with E-state index in [0.29, 0.717) is 10.8 Å². The number of aliphatic imine (C=N–C) groups is 1. The number of hydrogen-bond acceptors (Lipinski definition) is 2. The molecule has 20 heavy (non-hydrogen) atoms. The van der Waals surface area contributed by atoms with Gasteiger partial charge in [0.1, 0.15) is 5.75 Å². The van der Waals surface area contributed by atoms with Gasteiger partial charge in [-0.25, -0.2) is 0 Å². The van der Waals surface area contributed by atoms with E-state index in [1.165, 1.54) is 0 Å². The number of phenols is 1. The first kappa shape index (κ1) is 14.6. The largest absolute Gasteiger partial charge is 0.508 e. The summed E-state index contributed by atoms with van der Waals surface area (Å²) < 4.78 is 0. The Labute approximate surface area is 124 Å². The van der Waals surface area contributed by atoms with Crippen molar-refractivity contribution in [1.29, 1.82) is 0 Å². The highest BCUT2D eigenvalue weighted by atomic mass is 35.5. The fourth-order valence-electron chi connectivity index (χ4n) is 2.02. The Hall–Kier alpha value is -1.80. The van der Waals surface area contributed by atoms with E-state index in [1.807, 2.05) is 51.1 Å². The van der Waals surface area contributed by atoms with Crippen molar-refractivity contribution >= 4 is 23.5 Å². The molecule has 2 rings (SSSR count). The standard InChI is InChI=1S/C17H18ClNO/c1-11(2)14-9-16(12(3)8-17(14)20)19-10-13-6-4-5-7-15(13)18/h4-11,20H,1-3H3. The molecule has 0 atom stereocenters.